The highest BCUT2D eigenvalue weighted by molar-refractivity contribution is 7.92. The molecule has 21 heavy (non-hydrogen) atoms. The van der Waals surface area contributed by atoms with Gasteiger partial charge in [-0.1, -0.05) is 13.8 Å². The Morgan fingerprint density at radius 3 is 2.38 bits per heavy atom. The number of aromatic carboxylic acids is 1. The van der Waals surface area contributed by atoms with Crippen molar-refractivity contribution in [2.24, 2.45) is 0 Å². The van der Waals surface area contributed by atoms with E-state index in [1.54, 1.807) is 6.07 Å². The van der Waals surface area contributed by atoms with E-state index in [0.717, 1.165) is 5.69 Å². The first-order chi connectivity index (χ1) is 9.79. The molecule has 0 aliphatic rings. The molecule has 0 aliphatic carbocycles. The number of hydrogen-bond donors (Lipinski definition) is 3. The first-order valence-corrected chi connectivity index (χ1v) is 7.69. The molecular weight excluding hydrogens is 294 g/mol. The maximum atomic E-state index is 12.1. The Bertz CT molecular complexity index is 748. The van der Waals surface area contributed by atoms with Crippen molar-refractivity contribution in [3.63, 3.8) is 0 Å². The van der Waals surface area contributed by atoms with Gasteiger partial charge in [0.25, 0.3) is 10.0 Å². The number of carbonyl (C=O) groups is 1. The molecule has 8 heteroatoms. The standard InChI is InChI=1S/C13H15N3O4S/c1-8(2)11-7-12(15-14-11)16-21(19,20)10-5-3-9(4-6-10)13(17)18/h3-8H,1-2H3,(H,17,18)(H2,14,15,16). The molecule has 3 N–H and O–H groups in total. The van der Waals surface area contributed by atoms with Crippen LogP contribution in [0.4, 0.5) is 5.82 Å². The van der Waals surface area contributed by atoms with Gasteiger partial charge in [0.15, 0.2) is 5.82 Å². The summed E-state index contributed by atoms with van der Waals surface area (Å²) in [5, 5.41) is 15.4. The summed E-state index contributed by atoms with van der Waals surface area (Å²) >= 11 is 0. The third-order valence-electron chi connectivity index (χ3n) is 2.87. The summed E-state index contributed by atoms with van der Waals surface area (Å²) < 4.78 is 26.6. The second-order valence-corrected chi connectivity index (χ2v) is 6.48. The molecule has 0 unspecified atom stereocenters. The molecule has 1 heterocycles. The number of nitrogens with one attached hydrogen (secondary N) is 2. The number of benzene rings is 1. The molecule has 0 spiro atoms. The van der Waals surface area contributed by atoms with E-state index in [-0.39, 0.29) is 22.2 Å². The van der Waals surface area contributed by atoms with Crippen LogP contribution >= 0.6 is 0 Å². The number of hydrogen-bond acceptors (Lipinski definition) is 4. The number of sulfonamides is 1. The molecule has 0 fully saturated rings. The maximum Gasteiger partial charge on any atom is 0.335 e. The van der Waals surface area contributed by atoms with E-state index < -0.39 is 16.0 Å². The van der Waals surface area contributed by atoms with Crippen LogP contribution in [-0.4, -0.2) is 29.7 Å². The first kappa shape index (κ1) is 15.0. The van der Waals surface area contributed by atoms with E-state index in [0.29, 0.717) is 0 Å². The Hall–Kier alpha value is -2.35. The van der Waals surface area contributed by atoms with Crippen molar-refractivity contribution >= 4 is 21.8 Å². The molecule has 0 radical (unpaired) electrons. The van der Waals surface area contributed by atoms with E-state index in [1.165, 1.54) is 24.3 Å². The maximum absolute atomic E-state index is 12.1. The lowest BCUT2D eigenvalue weighted by Gasteiger charge is -2.05. The zero-order valence-electron chi connectivity index (χ0n) is 11.5. The van der Waals surface area contributed by atoms with Crippen LogP contribution in [0.1, 0.15) is 35.8 Å². The van der Waals surface area contributed by atoms with Gasteiger partial charge in [0.1, 0.15) is 0 Å². The number of aromatic amines is 1. The van der Waals surface area contributed by atoms with Gasteiger partial charge in [-0.2, -0.15) is 5.10 Å². The Balaban J connectivity index is 2.22. The van der Waals surface area contributed by atoms with Crippen LogP contribution < -0.4 is 4.72 Å². The Labute approximate surface area is 122 Å². The minimum absolute atomic E-state index is 0.0239. The van der Waals surface area contributed by atoms with Gasteiger partial charge < -0.3 is 5.11 Å². The normalized spacial score (nSPS) is 11.6. The first-order valence-electron chi connectivity index (χ1n) is 6.21. The van der Waals surface area contributed by atoms with Gasteiger partial charge in [0, 0.05) is 11.8 Å². The molecule has 7 nitrogen and oxygen atoms in total. The minimum Gasteiger partial charge on any atom is -0.478 e. The highest BCUT2D eigenvalue weighted by atomic mass is 32.2. The quantitative estimate of drug-likeness (QED) is 0.782. The lowest BCUT2D eigenvalue weighted by atomic mass is 10.1. The van der Waals surface area contributed by atoms with Crippen molar-refractivity contribution in [1.29, 1.82) is 0 Å². The average molecular weight is 309 g/mol. The fourth-order valence-electron chi connectivity index (χ4n) is 1.66. The van der Waals surface area contributed by atoms with Crippen LogP contribution in [0.15, 0.2) is 35.2 Å². The zero-order valence-corrected chi connectivity index (χ0v) is 12.3. The molecule has 0 atom stereocenters. The molecule has 0 aliphatic heterocycles. The van der Waals surface area contributed by atoms with Crippen molar-refractivity contribution < 1.29 is 18.3 Å². The van der Waals surface area contributed by atoms with E-state index in [1.807, 2.05) is 13.8 Å². The SMILES string of the molecule is CC(C)c1cc(NS(=O)(=O)c2ccc(C(=O)O)cc2)n[nH]1. The predicted molar refractivity (Wildman–Crippen MR) is 76.9 cm³/mol. The number of anilines is 1. The number of aromatic nitrogens is 2. The number of carboxylic acid groups (broad SMARTS) is 1. The largest absolute Gasteiger partial charge is 0.478 e. The number of rotatable bonds is 5. The van der Waals surface area contributed by atoms with Crippen LogP contribution in [-0.2, 0) is 10.0 Å². The molecule has 1 aromatic heterocycles. The van der Waals surface area contributed by atoms with E-state index in [9.17, 15) is 13.2 Å². The number of H-pyrrole nitrogens is 1. The molecule has 2 aromatic rings. The van der Waals surface area contributed by atoms with Crippen LogP contribution in [0.2, 0.25) is 0 Å². The lowest BCUT2D eigenvalue weighted by molar-refractivity contribution is 0.0696. The van der Waals surface area contributed by atoms with E-state index in [4.69, 9.17) is 5.11 Å². The molecule has 2 rings (SSSR count). The summed E-state index contributed by atoms with van der Waals surface area (Å²) in [7, 11) is -3.79. The van der Waals surface area contributed by atoms with Gasteiger partial charge in [-0.05, 0) is 30.2 Å². The summed E-state index contributed by atoms with van der Waals surface area (Å²) in [6.45, 7) is 3.91. The van der Waals surface area contributed by atoms with Gasteiger partial charge in [0.2, 0.25) is 0 Å². The fourth-order valence-corrected chi connectivity index (χ4v) is 2.65. The smallest absolute Gasteiger partial charge is 0.335 e. The summed E-state index contributed by atoms with van der Waals surface area (Å²) in [6, 6.07) is 6.57. The van der Waals surface area contributed by atoms with Crippen molar-refractivity contribution in [2.75, 3.05) is 4.72 Å². The van der Waals surface area contributed by atoms with Crippen molar-refractivity contribution in [1.82, 2.24) is 10.2 Å². The highest BCUT2D eigenvalue weighted by Crippen LogP contribution is 2.18. The zero-order chi connectivity index (χ0) is 15.6. The minimum atomic E-state index is -3.79. The van der Waals surface area contributed by atoms with Crippen LogP contribution in [0.25, 0.3) is 0 Å². The Morgan fingerprint density at radius 1 is 1.29 bits per heavy atom. The molecule has 0 amide bonds. The van der Waals surface area contributed by atoms with Crippen molar-refractivity contribution in [3.8, 4) is 0 Å². The molecule has 0 saturated heterocycles. The molecule has 1 aromatic carbocycles. The van der Waals surface area contributed by atoms with Gasteiger partial charge in [-0.3, -0.25) is 9.82 Å². The third kappa shape index (κ3) is 3.40. The van der Waals surface area contributed by atoms with Crippen LogP contribution in [0.5, 0.6) is 0 Å². The predicted octanol–water partition coefficient (Wildman–Crippen LogP) is 2.03. The van der Waals surface area contributed by atoms with E-state index in [2.05, 4.69) is 14.9 Å². The Morgan fingerprint density at radius 2 is 1.90 bits per heavy atom. The van der Waals surface area contributed by atoms with Crippen LogP contribution in [0.3, 0.4) is 0 Å². The summed E-state index contributed by atoms with van der Waals surface area (Å²) in [4.78, 5) is 10.7. The topological polar surface area (TPSA) is 112 Å². The molecule has 0 saturated carbocycles. The molecular formula is C13H15N3O4S. The fraction of sp³-hybridized carbons (Fsp3) is 0.231. The third-order valence-corrected chi connectivity index (χ3v) is 4.24. The van der Waals surface area contributed by atoms with Gasteiger partial charge in [-0.25, -0.2) is 13.2 Å². The van der Waals surface area contributed by atoms with Gasteiger partial charge in [0.05, 0.1) is 10.5 Å². The second-order valence-electron chi connectivity index (χ2n) is 4.80. The lowest BCUT2D eigenvalue weighted by Crippen LogP contribution is -2.13. The van der Waals surface area contributed by atoms with E-state index >= 15 is 0 Å². The highest BCUT2D eigenvalue weighted by Gasteiger charge is 2.17. The summed E-state index contributed by atoms with van der Waals surface area (Å²) in [5.41, 5.74) is 0.838. The number of nitrogens with zero attached hydrogens (tertiary/aromatic N) is 1. The number of carboxylic acids is 1. The summed E-state index contributed by atoms with van der Waals surface area (Å²) in [6.07, 6.45) is 0. The average Bonchev–Trinajstić information content (AvgIpc) is 2.87. The van der Waals surface area contributed by atoms with Gasteiger partial charge in [-0.15, -0.1) is 0 Å². The molecule has 112 valence electrons. The van der Waals surface area contributed by atoms with Crippen molar-refractivity contribution in [3.05, 3.63) is 41.6 Å². The molecule has 0 bridgehead atoms. The monoisotopic (exact) mass is 309 g/mol. The van der Waals surface area contributed by atoms with Crippen LogP contribution in [0, 0.1) is 0 Å². The Kier molecular flexibility index (Phi) is 3.99. The summed E-state index contributed by atoms with van der Waals surface area (Å²) in [5.74, 6) is -0.715. The van der Waals surface area contributed by atoms with Gasteiger partial charge >= 0.3 is 5.97 Å². The second kappa shape index (κ2) is 5.57. The van der Waals surface area contributed by atoms with Crippen molar-refractivity contribution in [2.45, 2.75) is 24.7 Å².